The van der Waals surface area contributed by atoms with Gasteiger partial charge in [0.1, 0.15) is 12.1 Å². The molecule has 0 aliphatic rings. The summed E-state index contributed by atoms with van der Waals surface area (Å²) in [6, 6.07) is 6.46. The lowest BCUT2D eigenvalue weighted by molar-refractivity contribution is -0.140. The van der Waals surface area contributed by atoms with Gasteiger partial charge in [-0.2, -0.15) is 5.26 Å². The summed E-state index contributed by atoms with van der Waals surface area (Å²) in [5.74, 6) is -0.879. The van der Waals surface area contributed by atoms with Crippen LogP contribution in [0.2, 0.25) is 5.02 Å². The molecule has 5 heteroatoms. The molecule has 0 unspecified atom stereocenters. The van der Waals surface area contributed by atoms with E-state index >= 15 is 0 Å². The molecule has 0 fully saturated rings. The smallest absolute Gasteiger partial charge is 0.326 e. The van der Waals surface area contributed by atoms with E-state index in [1.807, 2.05) is 13.0 Å². The monoisotopic (exact) mass is 262 g/mol. The fourth-order valence-corrected chi connectivity index (χ4v) is 2.32. The molecule has 0 spiro atoms. The van der Waals surface area contributed by atoms with Gasteiger partial charge in [-0.05, 0) is 24.6 Å². The van der Waals surface area contributed by atoms with Crippen LogP contribution >= 0.6 is 11.6 Å². The summed E-state index contributed by atoms with van der Waals surface area (Å²) < 4.78 is 1.67. The largest absolute Gasteiger partial charge is 0.480 e. The second-order valence-electron chi connectivity index (χ2n) is 3.96. The van der Waals surface area contributed by atoms with Crippen molar-refractivity contribution in [2.24, 2.45) is 0 Å². The number of benzene rings is 1. The predicted molar refractivity (Wildman–Crippen MR) is 68.6 cm³/mol. The Kier molecular flexibility index (Phi) is 3.26. The van der Waals surface area contributed by atoms with Gasteiger partial charge >= 0.3 is 5.97 Å². The van der Waals surface area contributed by atoms with E-state index in [4.69, 9.17) is 22.0 Å². The molecule has 1 aromatic heterocycles. The number of nitriles is 1. The van der Waals surface area contributed by atoms with Gasteiger partial charge in [0.15, 0.2) is 0 Å². The van der Waals surface area contributed by atoms with Crippen molar-refractivity contribution in [3.63, 3.8) is 0 Å². The van der Waals surface area contributed by atoms with Gasteiger partial charge in [0.2, 0.25) is 0 Å². The summed E-state index contributed by atoms with van der Waals surface area (Å²) in [4.78, 5) is 11.2. The minimum atomic E-state index is -0.879. The highest BCUT2D eigenvalue weighted by atomic mass is 35.5. The lowest BCUT2D eigenvalue weighted by Crippen LogP contribution is -2.17. The zero-order valence-corrected chi connectivity index (χ0v) is 10.5. The molecule has 0 aliphatic heterocycles. The van der Waals surface area contributed by atoms with Gasteiger partial charge < -0.3 is 9.67 Å². The Labute approximate surface area is 109 Å². The summed E-state index contributed by atoms with van der Waals surface area (Å²) in [7, 11) is 0. The molecule has 92 valence electrons. The van der Waals surface area contributed by atoms with Crippen molar-refractivity contribution in [1.29, 1.82) is 5.26 Å². The molecule has 1 aromatic carbocycles. The normalized spacial score (nSPS) is 12.3. The topological polar surface area (TPSA) is 66.0 Å². The molecule has 0 radical (unpaired) electrons. The average molecular weight is 263 g/mol. The minimum Gasteiger partial charge on any atom is -0.480 e. The fraction of sp³-hybridized carbons (Fsp3) is 0.231. The first kappa shape index (κ1) is 12.5. The van der Waals surface area contributed by atoms with Crippen molar-refractivity contribution in [3.05, 3.63) is 35.0 Å². The Balaban J connectivity index is 2.67. The van der Waals surface area contributed by atoms with Crippen LogP contribution in [0.1, 0.15) is 24.9 Å². The molecule has 18 heavy (non-hydrogen) atoms. The zero-order valence-electron chi connectivity index (χ0n) is 9.72. The maximum Gasteiger partial charge on any atom is 0.326 e. The number of halogens is 1. The molecule has 2 aromatic rings. The van der Waals surface area contributed by atoms with E-state index in [0.717, 1.165) is 5.52 Å². The Bertz CT molecular complexity index is 655. The van der Waals surface area contributed by atoms with Crippen LogP contribution in [-0.2, 0) is 4.79 Å². The average Bonchev–Trinajstić information content (AvgIpc) is 2.75. The Morgan fingerprint density at radius 2 is 2.28 bits per heavy atom. The summed E-state index contributed by atoms with van der Waals surface area (Å²) in [5.41, 5.74) is 1.12. The number of hydrogen-bond donors (Lipinski definition) is 1. The molecular weight excluding hydrogens is 252 g/mol. The Morgan fingerprint density at radius 1 is 1.56 bits per heavy atom. The molecule has 1 atom stereocenters. The number of hydrogen-bond acceptors (Lipinski definition) is 2. The third-order valence-corrected chi connectivity index (χ3v) is 3.37. The van der Waals surface area contributed by atoms with Gasteiger partial charge in [-0.1, -0.05) is 18.5 Å². The van der Waals surface area contributed by atoms with Crippen molar-refractivity contribution in [1.82, 2.24) is 4.57 Å². The summed E-state index contributed by atoms with van der Waals surface area (Å²) >= 11 is 6.10. The van der Waals surface area contributed by atoms with E-state index in [0.29, 0.717) is 22.4 Å². The van der Waals surface area contributed by atoms with Gasteiger partial charge in [-0.3, -0.25) is 0 Å². The highest BCUT2D eigenvalue weighted by molar-refractivity contribution is 6.36. The fourth-order valence-electron chi connectivity index (χ4n) is 2.05. The van der Waals surface area contributed by atoms with Crippen LogP contribution in [-0.4, -0.2) is 15.6 Å². The van der Waals surface area contributed by atoms with E-state index < -0.39 is 12.0 Å². The summed E-state index contributed by atoms with van der Waals surface area (Å²) in [6.45, 7) is 1.82. The van der Waals surface area contributed by atoms with Crippen molar-refractivity contribution in [3.8, 4) is 6.07 Å². The van der Waals surface area contributed by atoms with E-state index in [9.17, 15) is 4.79 Å². The molecule has 4 nitrogen and oxygen atoms in total. The van der Waals surface area contributed by atoms with Crippen LogP contribution in [0.3, 0.4) is 0 Å². The second-order valence-corrected chi connectivity index (χ2v) is 4.33. The SMILES string of the molecule is CC[C@H](C(=O)O)n1ccc2c(Cl)c(C#N)ccc21. The number of carboxylic acids is 1. The van der Waals surface area contributed by atoms with Crippen LogP contribution in [0.4, 0.5) is 0 Å². The van der Waals surface area contributed by atoms with Crippen molar-refractivity contribution < 1.29 is 9.90 Å². The van der Waals surface area contributed by atoms with Crippen LogP contribution in [0.15, 0.2) is 24.4 Å². The summed E-state index contributed by atoms with van der Waals surface area (Å²) in [6.07, 6.45) is 2.18. The van der Waals surface area contributed by atoms with Gasteiger partial charge in [0, 0.05) is 11.6 Å². The molecule has 1 N–H and O–H groups in total. The highest BCUT2D eigenvalue weighted by Gasteiger charge is 2.19. The second kappa shape index (κ2) is 4.71. The van der Waals surface area contributed by atoms with Crippen molar-refractivity contribution in [2.75, 3.05) is 0 Å². The Morgan fingerprint density at radius 3 is 2.83 bits per heavy atom. The van der Waals surface area contributed by atoms with Crippen molar-refractivity contribution in [2.45, 2.75) is 19.4 Å². The van der Waals surface area contributed by atoms with E-state index in [2.05, 4.69) is 0 Å². The maximum atomic E-state index is 11.2. The van der Waals surface area contributed by atoms with Crippen LogP contribution in [0, 0.1) is 11.3 Å². The van der Waals surface area contributed by atoms with Crippen molar-refractivity contribution >= 4 is 28.5 Å². The third-order valence-electron chi connectivity index (χ3n) is 2.96. The first-order valence-corrected chi connectivity index (χ1v) is 5.90. The van der Waals surface area contributed by atoms with Gasteiger partial charge in [0.05, 0.1) is 16.1 Å². The number of fused-ring (bicyclic) bond motifs is 1. The molecule has 0 amide bonds. The third kappa shape index (κ3) is 1.83. The van der Waals surface area contributed by atoms with E-state index in [1.54, 1.807) is 29.0 Å². The molecule has 0 saturated carbocycles. The number of rotatable bonds is 3. The van der Waals surface area contributed by atoms with Gasteiger partial charge in [0.25, 0.3) is 0 Å². The lowest BCUT2D eigenvalue weighted by atomic mass is 10.1. The quantitative estimate of drug-likeness (QED) is 0.924. The first-order chi connectivity index (χ1) is 8.60. The minimum absolute atomic E-state index is 0.369. The number of carbonyl (C=O) groups is 1. The number of aromatic nitrogens is 1. The molecule has 1 heterocycles. The molecule has 0 aliphatic carbocycles. The maximum absolute atomic E-state index is 11.2. The predicted octanol–water partition coefficient (Wildman–Crippen LogP) is 3.20. The molecule has 0 bridgehead atoms. The zero-order chi connectivity index (χ0) is 13.3. The molecule has 0 saturated heterocycles. The standard InChI is InChI=1S/C13H11ClN2O2/c1-2-10(13(17)18)16-6-5-9-11(16)4-3-8(7-15)12(9)14/h3-6,10H,2H2,1H3,(H,17,18)/t10-/m1/s1. The highest BCUT2D eigenvalue weighted by Crippen LogP contribution is 2.30. The lowest BCUT2D eigenvalue weighted by Gasteiger charge is -2.13. The van der Waals surface area contributed by atoms with Gasteiger partial charge in [-0.25, -0.2) is 4.79 Å². The number of nitrogens with zero attached hydrogens (tertiary/aromatic N) is 2. The molecule has 2 rings (SSSR count). The van der Waals surface area contributed by atoms with E-state index in [-0.39, 0.29) is 0 Å². The first-order valence-electron chi connectivity index (χ1n) is 5.52. The number of aliphatic carboxylic acids is 1. The van der Waals surface area contributed by atoms with Crippen LogP contribution in [0.25, 0.3) is 10.9 Å². The van der Waals surface area contributed by atoms with E-state index in [1.165, 1.54) is 0 Å². The number of carboxylic acid groups (broad SMARTS) is 1. The Hall–Kier alpha value is -1.99. The molecular formula is C13H11ClN2O2. The van der Waals surface area contributed by atoms with Crippen LogP contribution < -0.4 is 0 Å². The van der Waals surface area contributed by atoms with Crippen LogP contribution in [0.5, 0.6) is 0 Å². The van der Waals surface area contributed by atoms with Gasteiger partial charge in [-0.15, -0.1) is 0 Å². The summed E-state index contributed by atoms with van der Waals surface area (Å²) in [5, 5.41) is 19.1.